The van der Waals surface area contributed by atoms with Crippen LogP contribution in [0.25, 0.3) is 0 Å². The maximum atomic E-state index is 11.5. The Hall–Kier alpha value is -5.72. The molecule has 0 amide bonds. The van der Waals surface area contributed by atoms with Crippen molar-refractivity contribution in [2.24, 2.45) is 0 Å². The van der Waals surface area contributed by atoms with Crippen LogP contribution in [0.4, 0.5) is 0 Å². The van der Waals surface area contributed by atoms with Gasteiger partial charge in [0, 0.05) is 24.1 Å². The van der Waals surface area contributed by atoms with Crippen LogP contribution in [0.15, 0.2) is 152 Å². The Morgan fingerprint density at radius 2 is 0.959 bits per heavy atom. The average molecular weight is 651 g/mol. The lowest BCUT2D eigenvalue weighted by atomic mass is 9.93. The molecular formula is C43H38O6. The van der Waals surface area contributed by atoms with Crippen LogP contribution in [0.3, 0.4) is 0 Å². The fraction of sp³-hybridized carbons (Fsp3) is 0.163. The number of rotatable bonds is 13. The van der Waals surface area contributed by atoms with E-state index in [2.05, 4.69) is 0 Å². The van der Waals surface area contributed by atoms with Crippen LogP contribution in [0.1, 0.15) is 39.5 Å². The maximum Gasteiger partial charge on any atom is 0.162 e. The fourth-order valence-corrected chi connectivity index (χ4v) is 5.82. The van der Waals surface area contributed by atoms with E-state index in [1.54, 1.807) is 0 Å². The van der Waals surface area contributed by atoms with Crippen molar-refractivity contribution in [3.63, 3.8) is 0 Å². The zero-order valence-corrected chi connectivity index (χ0v) is 27.1. The second-order valence-electron chi connectivity index (χ2n) is 12.0. The second kappa shape index (κ2) is 15.5. The fourth-order valence-electron chi connectivity index (χ4n) is 5.82. The monoisotopic (exact) mass is 650 g/mol. The SMILES string of the molecule is OC1Cc2c(OCc3ccccc3)cc(OCc3ccccc3)cc2OC1c1ccc(OCc2ccccc2)c(OCc2ccccc2)c1. The molecule has 1 heterocycles. The van der Waals surface area contributed by atoms with Crippen LogP contribution in [-0.4, -0.2) is 11.2 Å². The smallest absolute Gasteiger partial charge is 0.162 e. The molecule has 6 heteroatoms. The van der Waals surface area contributed by atoms with Gasteiger partial charge in [0.05, 0.1) is 6.10 Å². The van der Waals surface area contributed by atoms with Gasteiger partial charge in [-0.05, 0) is 39.9 Å². The van der Waals surface area contributed by atoms with Crippen LogP contribution in [-0.2, 0) is 32.8 Å². The molecule has 0 spiro atoms. The Labute approximate surface area is 287 Å². The summed E-state index contributed by atoms with van der Waals surface area (Å²) in [5, 5.41) is 11.5. The standard InChI is InChI=1S/C43H38O6/c44-38-26-37-40(47-29-33-17-9-3-10-18-33)24-36(45-27-31-13-5-1-6-14-31)25-41(37)49-43(38)35-21-22-39(46-28-32-15-7-2-8-16-32)42(23-35)48-30-34-19-11-4-12-20-34/h1-25,38,43-44H,26-30H2. The number of hydrogen-bond acceptors (Lipinski definition) is 6. The molecule has 49 heavy (non-hydrogen) atoms. The minimum absolute atomic E-state index is 0.343. The average Bonchev–Trinajstić information content (AvgIpc) is 3.16. The first-order valence-corrected chi connectivity index (χ1v) is 16.5. The number of hydrogen-bond donors (Lipinski definition) is 1. The highest BCUT2D eigenvalue weighted by atomic mass is 16.5. The third-order valence-electron chi connectivity index (χ3n) is 8.41. The normalized spacial score (nSPS) is 15.0. The van der Waals surface area contributed by atoms with Crippen molar-refractivity contribution in [1.29, 1.82) is 0 Å². The van der Waals surface area contributed by atoms with Crippen LogP contribution >= 0.6 is 0 Å². The molecule has 1 N–H and O–H groups in total. The van der Waals surface area contributed by atoms with E-state index in [1.165, 1.54) is 0 Å². The molecule has 246 valence electrons. The van der Waals surface area contributed by atoms with E-state index in [0.717, 1.165) is 33.4 Å². The summed E-state index contributed by atoms with van der Waals surface area (Å²) in [7, 11) is 0. The van der Waals surface area contributed by atoms with Crippen molar-refractivity contribution >= 4 is 0 Å². The lowest BCUT2D eigenvalue weighted by Gasteiger charge is -2.32. The summed E-state index contributed by atoms with van der Waals surface area (Å²) in [6, 6.07) is 49.5. The van der Waals surface area contributed by atoms with Crippen molar-refractivity contribution < 1.29 is 28.8 Å². The summed E-state index contributed by atoms with van der Waals surface area (Å²) in [6.45, 7) is 1.54. The molecule has 6 nitrogen and oxygen atoms in total. The molecule has 0 aromatic heterocycles. The summed E-state index contributed by atoms with van der Waals surface area (Å²) < 4.78 is 31.7. The molecule has 0 fully saturated rings. The van der Waals surface area contributed by atoms with Gasteiger partial charge in [0.25, 0.3) is 0 Å². The summed E-state index contributed by atoms with van der Waals surface area (Å²) in [6.07, 6.45) is -1.14. The van der Waals surface area contributed by atoms with Crippen LogP contribution in [0.5, 0.6) is 28.7 Å². The zero-order chi connectivity index (χ0) is 33.3. The molecule has 1 aliphatic heterocycles. The first kappa shape index (κ1) is 31.9. The van der Waals surface area contributed by atoms with Gasteiger partial charge in [-0.15, -0.1) is 0 Å². The van der Waals surface area contributed by atoms with Crippen molar-refractivity contribution in [2.45, 2.75) is 45.1 Å². The Balaban J connectivity index is 1.16. The number of benzene rings is 6. The molecule has 2 atom stereocenters. The van der Waals surface area contributed by atoms with Gasteiger partial charge in [-0.25, -0.2) is 0 Å². The third kappa shape index (κ3) is 8.23. The highest BCUT2D eigenvalue weighted by Crippen LogP contribution is 2.44. The van der Waals surface area contributed by atoms with Gasteiger partial charge >= 0.3 is 0 Å². The Kier molecular flexibility index (Phi) is 10.0. The quantitative estimate of drug-likeness (QED) is 0.135. The van der Waals surface area contributed by atoms with E-state index in [9.17, 15) is 5.11 Å². The summed E-state index contributed by atoms with van der Waals surface area (Å²) in [5.41, 5.74) is 5.76. The summed E-state index contributed by atoms with van der Waals surface area (Å²) in [5.74, 6) is 3.05. The Bertz CT molecular complexity index is 1930. The van der Waals surface area contributed by atoms with Gasteiger partial charge in [-0.1, -0.05) is 127 Å². The largest absolute Gasteiger partial charge is 0.489 e. The van der Waals surface area contributed by atoms with Crippen LogP contribution in [0.2, 0.25) is 0 Å². The molecule has 7 rings (SSSR count). The minimum Gasteiger partial charge on any atom is -0.489 e. The Morgan fingerprint density at radius 1 is 0.490 bits per heavy atom. The van der Waals surface area contributed by atoms with E-state index in [-0.39, 0.29) is 0 Å². The molecule has 0 bridgehead atoms. The van der Waals surface area contributed by atoms with Crippen molar-refractivity contribution in [2.75, 3.05) is 0 Å². The predicted molar refractivity (Wildman–Crippen MR) is 189 cm³/mol. The van der Waals surface area contributed by atoms with Crippen molar-refractivity contribution in [1.82, 2.24) is 0 Å². The molecule has 0 radical (unpaired) electrons. The predicted octanol–water partition coefficient (Wildman–Crippen LogP) is 9.04. The first-order valence-electron chi connectivity index (χ1n) is 16.5. The topological polar surface area (TPSA) is 66.4 Å². The van der Waals surface area contributed by atoms with Crippen LogP contribution < -0.4 is 23.7 Å². The lowest BCUT2D eigenvalue weighted by molar-refractivity contribution is 0.0192. The van der Waals surface area contributed by atoms with E-state index in [1.807, 2.05) is 152 Å². The van der Waals surface area contributed by atoms with Crippen molar-refractivity contribution in [3.05, 3.63) is 185 Å². The second-order valence-corrected chi connectivity index (χ2v) is 12.0. The zero-order valence-electron chi connectivity index (χ0n) is 27.1. The summed E-state index contributed by atoms with van der Waals surface area (Å²) in [4.78, 5) is 0. The van der Waals surface area contributed by atoms with Gasteiger partial charge in [0.2, 0.25) is 0 Å². The van der Waals surface area contributed by atoms with E-state index >= 15 is 0 Å². The van der Waals surface area contributed by atoms with E-state index in [4.69, 9.17) is 23.7 Å². The number of ether oxygens (including phenoxy) is 5. The summed E-state index contributed by atoms with van der Waals surface area (Å²) >= 11 is 0. The number of fused-ring (bicyclic) bond motifs is 1. The van der Waals surface area contributed by atoms with E-state index < -0.39 is 12.2 Å². The van der Waals surface area contributed by atoms with E-state index in [0.29, 0.717) is 61.6 Å². The highest BCUT2D eigenvalue weighted by Gasteiger charge is 2.33. The third-order valence-corrected chi connectivity index (χ3v) is 8.41. The lowest BCUT2D eigenvalue weighted by Crippen LogP contribution is -2.30. The van der Waals surface area contributed by atoms with Gasteiger partial charge in [-0.2, -0.15) is 0 Å². The molecular weight excluding hydrogens is 612 g/mol. The molecule has 0 saturated carbocycles. The molecule has 1 aliphatic rings. The number of aliphatic hydroxyl groups is 1. The molecule has 0 saturated heterocycles. The molecule has 6 aromatic carbocycles. The van der Waals surface area contributed by atoms with Crippen LogP contribution in [0, 0.1) is 0 Å². The molecule has 0 aliphatic carbocycles. The Morgan fingerprint density at radius 3 is 1.49 bits per heavy atom. The van der Waals surface area contributed by atoms with Crippen molar-refractivity contribution in [3.8, 4) is 28.7 Å². The first-order chi connectivity index (χ1) is 24.2. The highest BCUT2D eigenvalue weighted by molar-refractivity contribution is 5.53. The molecule has 2 unspecified atom stereocenters. The van der Waals surface area contributed by atoms with Gasteiger partial charge in [-0.3, -0.25) is 0 Å². The maximum absolute atomic E-state index is 11.5. The molecule has 6 aromatic rings. The minimum atomic E-state index is -0.833. The van der Waals surface area contributed by atoms with Gasteiger partial charge in [0.1, 0.15) is 49.8 Å². The van der Waals surface area contributed by atoms with Gasteiger partial charge < -0.3 is 28.8 Å². The van der Waals surface area contributed by atoms with Gasteiger partial charge in [0.15, 0.2) is 11.5 Å². The number of aliphatic hydroxyl groups excluding tert-OH is 1.